The summed E-state index contributed by atoms with van der Waals surface area (Å²) in [5.41, 5.74) is 3.52. The van der Waals surface area contributed by atoms with Crippen molar-refractivity contribution in [2.45, 2.75) is 19.4 Å². The number of rotatable bonds is 3. The fraction of sp³-hybridized carbons (Fsp3) is 0.368. The van der Waals surface area contributed by atoms with Gasteiger partial charge >= 0.3 is 0 Å². The van der Waals surface area contributed by atoms with Crippen LogP contribution in [0.1, 0.15) is 29.2 Å². The minimum Gasteiger partial charge on any atom is -0.315 e. The number of hydrogen-bond donors (Lipinski definition) is 1. The Kier molecular flexibility index (Phi) is 4.86. The Morgan fingerprint density at radius 3 is 2.59 bits per heavy atom. The van der Waals surface area contributed by atoms with Gasteiger partial charge in [-0.2, -0.15) is 0 Å². The lowest BCUT2D eigenvalue weighted by Gasteiger charge is -2.31. The van der Waals surface area contributed by atoms with Gasteiger partial charge in [0.25, 0.3) is 0 Å². The van der Waals surface area contributed by atoms with Crippen molar-refractivity contribution in [3.05, 3.63) is 71.0 Å². The van der Waals surface area contributed by atoms with Crippen LogP contribution in [0.3, 0.4) is 0 Å². The van der Waals surface area contributed by atoms with Crippen molar-refractivity contribution in [2.75, 3.05) is 26.2 Å². The first kappa shape index (κ1) is 15.2. The molecule has 2 aromatic carbocycles. The Bertz CT molecular complexity index is 601. The molecule has 1 aliphatic rings. The molecule has 0 amide bonds. The van der Waals surface area contributed by atoms with E-state index in [2.05, 4.69) is 41.4 Å². The van der Waals surface area contributed by atoms with Gasteiger partial charge in [-0.25, -0.2) is 4.39 Å². The average Bonchev–Trinajstić information content (AvgIpc) is 2.79. The quantitative estimate of drug-likeness (QED) is 0.932. The summed E-state index contributed by atoms with van der Waals surface area (Å²) in [4.78, 5) is 2.46. The van der Waals surface area contributed by atoms with Gasteiger partial charge in [-0.05, 0) is 43.1 Å². The van der Waals surface area contributed by atoms with Gasteiger partial charge in [0.1, 0.15) is 5.82 Å². The van der Waals surface area contributed by atoms with Crippen LogP contribution in [0.5, 0.6) is 0 Å². The maximum absolute atomic E-state index is 13.7. The predicted molar refractivity (Wildman–Crippen MR) is 88.5 cm³/mol. The van der Waals surface area contributed by atoms with E-state index < -0.39 is 0 Å². The topological polar surface area (TPSA) is 15.3 Å². The normalized spacial score (nSPS) is 17.9. The Morgan fingerprint density at radius 1 is 1.00 bits per heavy atom. The van der Waals surface area contributed by atoms with E-state index in [1.165, 1.54) is 17.2 Å². The first-order chi connectivity index (χ1) is 10.7. The summed E-state index contributed by atoms with van der Waals surface area (Å²) in [6, 6.07) is 15.8. The maximum Gasteiger partial charge on any atom is 0.123 e. The van der Waals surface area contributed by atoms with Gasteiger partial charge in [-0.15, -0.1) is 0 Å². The number of nitrogens with one attached hydrogen (secondary N) is 1. The average molecular weight is 298 g/mol. The Labute approximate surface area is 132 Å². The zero-order valence-corrected chi connectivity index (χ0v) is 13.1. The first-order valence-electron chi connectivity index (χ1n) is 8.01. The smallest absolute Gasteiger partial charge is 0.123 e. The molecule has 1 atom stereocenters. The molecule has 0 saturated carbocycles. The summed E-state index contributed by atoms with van der Waals surface area (Å²) in [6.45, 7) is 6.14. The third-order valence-electron chi connectivity index (χ3n) is 4.30. The molecule has 1 unspecified atom stereocenters. The summed E-state index contributed by atoms with van der Waals surface area (Å²) in [7, 11) is 0. The second-order valence-corrected chi connectivity index (χ2v) is 6.01. The molecular formula is C19H23FN2. The molecular weight excluding hydrogens is 275 g/mol. The molecule has 3 heteroatoms. The molecule has 3 rings (SSSR count). The number of halogens is 1. The van der Waals surface area contributed by atoms with Gasteiger partial charge < -0.3 is 5.32 Å². The minimum atomic E-state index is -0.164. The monoisotopic (exact) mass is 298 g/mol. The molecule has 0 aromatic heterocycles. The molecule has 0 radical (unpaired) electrons. The van der Waals surface area contributed by atoms with E-state index >= 15 is 0 Å². The van der Waals surface area contributed by atoms with Gasteiger partial charge in [-0.3, -0.25) is 4.90 Å². The second-order valence-electron chi connectivity index (χ2n) is 6.01. The summed E-state index contributed by atoms with van der Waals surface area (Å²) in [5.74, 6) is -0.164. The number of benzene rings is 2. The molecule has 1 saturated heterocycles. The summed E-state index contributed by atoms with van der Waals surface area (Å²) < 4.78 is 13.7. The molecule has 2 nitrogen and oxygen atoms in total. The third-order valence-corrected chi connectivity index (χ3v) is 4.30. The molecule has 0 bridgehead atoms. The van der Waals surface area contributed by atoms with Crippen molar-refractivity contribution in [3.8, 4) is 0 Å². The van der Waals surface area contributed by atoms with Crippen LogP contribution in [-0.2, 0) is 0 Å². The van der Waals surface area contributed by atoms with Crippen molar-refractivity contribution in [3.63, 3.8) is 0 Å². The van der Waals surface area contributed by atoms with E-state index in [1.54, 1.807) is 6.07 Å². The van der Waals surface area contributed by atoms with Gasteiger partial charge in [0.2, 0.25) is 0 Å². The maximum atomic E-state index is 13.7. The molecule has 1 aliphatic heterocycles. The van der Waals surface area contributed by atoms with E-state index in [-0.39, 0.29) is 11.9 Å². The van der Waals surface area contributed by atoms with Gasteiger partial charge in [0.15, 0.2) is 0 Å². The summed E-state index contributed by atoms with van der Waals surface area (Å²) in [6.07, 6.45) is 1.12. The highest BCUT2D eigenvalue weighted by atomic mass is 19.1. The van der Waals surface area contributed by atoms with Crippen LogP contribution in [0.2, 0.25) is 0 Å². The zero-order valence-electron chi connectivity index (χ0n) is 13.1. The van der Waals surface area contributed by atoms with Crippen LogP contribution >= 0.6 is 0 Å². The second kappa shape index (κ2) is 7.03. The Morgan fingerprint density at radius 2 is 1.82 bits per heavy atom. The zero-order chi connectivity index (χ0) is 15.4. The van der Waals surface area contributed by atoms with Crippen LogP contribution in [0.15, 0.2) is 48.5 Å². The lowest BCUT2D eigenvalue weighted by Crippen LogP contribution is -2.33. The SMILES string of the molecule is Cc1ccc(C(c2cccc(F)c2)N2CCCNCC2)cc1. The largest absolute Gasteiger partial charge is 0.315 e. The lowest BCUT2D eigenvalue weighted by molar-refractivity contribution is 0.240. The number of hydrogen-bond acceptors (Lipinski definition) is 2. The molecule has 22 heavy (non-hydrogen) atoms. The first-order valence-corrected chi connectivity index (χ1v) is 8.01. The van der Waals surface area contributed by atoms with Crippen LogP contribution < -0.4 is 5.32 Å². The standard InChI is InChI=1S/C19H23FN2/c1-15-6-8-16(9-7-15)19(17-4-2-5-18(20)14-17)22-12-3-10-21-11-13-22/h2,4-9,14,19,21H,3,10-13H2,1H3. The summed E-state index contributed by atoms with van der Waals surface area (Å²) in [5, 5.41) is 3.44. The van der Waals surface area contributed by atoms with Gasteiger partial charge in [-0.1, -0.05) is 42.0 Å². The number of aryl methyl sites for hydroxylation is 1. The van der Waals surface area contributed by atoms with Crippen LogP contribution in [0, 0.1) is 12.7 Å². The highest BCUT2D eigenvalue weighted by Crippen LogP contribution is 2.29. The Hall–Kier alpha value is -1.71. The van der Waals surface area contributed by atoms with Gasteiger partial charge in [0, 0.05) is 19.6 Å². The molecule has 116 valence electrons. The molecule has 2 aromatic rings. The van der Waals surface area contributed by atoms with Crippen LogP contribution in [0.4, 0.5) is 4.39 Å². The highest BCUT2D eigenvalue weighted by Gasteiger charge is 2.23. The molecule has 0 aliphatic carbocycles. The van der Waals surface area contributed by atoms with E-state index in [1.807, 2.05) is 12.1 Å². The van der Waals surface area contributed by atoms with E-state index in [0.29, 0.717) is 0 Å². The number of nitrogens with zero attached hydrogens (tertiary/aromatic N) is 1. The van der Waals surface area contributed by atoms with Crippen LogP contribution in [0.25, 0.3) is 0 Å². The lowest BCUT2D eigenvalue weighted by atomic mass is 9.96. The molecule has 1 fully saturated rings. The van der Waals surface area contributed by atoms with Crippen molar-refractivity contribution in [2.24, 2.45) is 0 Å². The van der Waals surface area contributed by atoms with Crippen molar-refractivity contribution in [1.29, 1.82) is 0 Å². The molecule has 1 N–H and O–H groups in total. The highest BCUT2D eigenvalue weighted by molar-refractivity contribution is 5.34. The van der Waals surface area contributed by atoms with Gasteiger partial charge in [0.05, 0.1) is 6.04 Å². The van der Waals surface area contributed by atoms with E-state index in [9.17, 15) is 4.39 Å². The van der Waals surface area contributed by atoms with E-state index in [0.717, 1.165) is 38.2 Å². The fourth-order valence-corrected chi connectivity index (χ4v) is 3.16. The third kappa shape index (κ3) is 3.54. The summed E-state index contributed by atoms with van der Waals surface area (Å²) >= 11 is 0. The Balaban J connectivity index is 1.99. The van der Waals surface area contributed by atoms with Crippen molar-refractivity contribution in [1.82, 2.24) is 10.2 Å². The minimum absolute atomic E-state index is 0.121. The van der Waals surface area contributed by atoms with Crippen molar-refractivity contribution >= 4 is 0 Å². The van der Waals surface area contributed by atoms with Crippen molar-refractivity contribution < 1.29 is 4.39 Å². The van der Waals surface area contributed by atoms with E-state index in [4.69, 9.17) is 0 Å². The predicted octanol–water partition coefficient (Wildman–Crippen LogP) is 3.52. The molecule has 0 spiro atoms. The molecule has 1 heterocycles. The van der Waals surface area contributed by atoms with Crippen LogP contribution in [-0.4, -0.2) is 31.1 Å². The fourth-order valence-electron chi connectivity index (χ4n) is 3.16.